The fourth-order valence-corrected chi connectivity index (χ4v) is 3.19. The minimum Gasteiger partial charge on any atom is -0.496 e. The van der Waals surface area contributed by atoms with Crippen molar-refractivity contribution in [2.45, 2.75) is 45.2 Å². The van der Waals surface area contributed by atoms with Gasteiger partial charge in [-0.2, -0.15) is 0 Å². The smallest absolute Gasteiger partial charge is 0.242 e. The molecule has 146 valence electrons. The summed E-state index contributed by atoms with van der Waals surface area (Å²) in [7, 11) is 1.66. The van der Waals surface area contributed by atoms with Crippen LogP contribution < -0.4 is 15.8 Å². The Morgan fingerprint density at radius 3 is 2.69 bits per heavy atom. The third-order valence-electron chi connectivity index (χ3n) is 4.78. The van der Waals surface area contributed by atoms with Crippen LogP contribution in [0.2, 0.25) is 0 Å². The van der Waals surface area contributed by atoms with Crippen LogP contribution in [0.4, 0.5) is 0 Å². The number of benzene rings is 1. The molecular formula is C19H30ClN3O3. The number of nitrogens with one attached hydrogen (secondary N) is 1. The van der Waals surface area contributed by atoms with E-state index in [0.717, 1.165) is 37.1 Å². The molecule has 1 heterocycles. The first-order chi connectivity index (χ1) is 11.9. The van der Waals surface area contributed by atoms with Gasteiger partial charge in [-0.05, 0) is 36.8 Å². The van der Waals surface area contributed by atoms with Gasteiger partial charge in [-0.25, -0.2) is 0 Å². The van der Waals surface area contributed by atoms with Gasteiger partial charge in [0.1, 0.15) is 5.75 Å². The number of likely N-dealkylation sites (tertiary alicyclic amines) is 1. The zero-order valence-corrected chi connectivity index (χ0v) is 16.6. The van der Waals surface area contributed by atoms with Crippen molar-refractivity contribution in [3.8, 4) is 5.75 Å². The van der Waals surface area contributed by atoms with Gasteiger partial charge in [0, 0.05) is 12.6 Å². The molecule has 2 rings (SSSR count). The largest absolute Gasteiger partial charge is 0.496 e. The fraction of sp³-hybridized carbons (Fsp3) is 0.579. The van der Waals surface area contributed by atoms with Crippen LogP contribution in [-0.4, -0.2) is 49.0 Å². The molecule has 3 N–H and O–H groups in total. The Hall–Kier alpha value is -1.79. The second-order valence-electron chi connectivity index (χ2n) is 6.89. The monoisotopic (exact) mass is 383 g/mol. The quantitative estimate of drug-likeness (QED) is 0.751. The van der Waals surface area contributed by atoms with Gasteiger partial charge in [-0.1, -0.05) is 32.0 Å². The van der Waals surface area contributed by atoms with Crippen molar-refractivity contribution < 1.29 is 14.3 Å². The number of carbonyl (C=O) groups excluding carboxylic acids is 2. The molecule has 0 bridgehead atoms. The number of amides is 2. The van der Waals surface area contributed by atoms with Crippen molar-refractivity contribution in [1.29, 1.82) is 0 Å². The SMILES string of the molecule is COc1ccccc1CC1CCCN1C(=O)CNC(=O)[C@@H](N)C(C)C.Cl. The van der Waals surface area contributed by atoms with E-state index in [9.17, 15) is 9.59 Å². The van der Waals surface area contributed by atoms with Crippen LogP contribution in [0.3, 0.4) is 0 Å². The lowest BCUT2D eigenvalue weighted by molar-refractivity contribution is -0.134. The molecule has 1 aromatic carbocycles. The average molecular weight is 384 g/mol. The van der Waals surface area contributed by atoms with Gasteiger partial charge in [-0.15, -0.1) is 12.4 Å². The molecule has 1 saturated heterocycles. The summed E-state index contributed by atoms with van der Waals surface area (Å²) < 4.78 is 5.40. The van der Waals surface area contributed by atoms with Crippen LogP contribution in [0.5, 0.6) is 5.75 Å². The van der Waals surface area contributed by atoms with Gasteiger partial charge in [0.05, 0.1) is 19.7 Å². The number of hydrogen-bond donors (Lipinski definition) is 2. The molecule has 1 unspecified atom stereocenters. The number of para-hydroxylation sites is 1. The zero-order valence-electron chi connectivity index (χ0n) is 15.7. The molecule has 0 radical (unpaired) electrons. The number of halogens is 1. The molecule has 2 atom stereocenters. The molecule has 0 saturated carbocycles. The molecule has 1 aromatic rings. The summed E-state index contributed by atoms with van der Waals surface area (Å²) in [5, 5.41) is 2.67. The normalized spacial score (nSPS) is 17.6. The lowest BCUT2D eigenvalue weighted by Crippen LogP contribution is -2.48. The summed E-state index contributed by atoms with van der Waals surface area (Å²) in [5.74, 6) is 0.559. The van der Waals surface area contributed by atoms with Crippen molar-refractivity contribution in [1.82, 2.24) is 10.2 Å². The van der Waals surface area contributed by atoms with Gasteiger partial charge in [0.2, 0.25) is 11.8 Å². The van der Waals surface area contributed by atoms with Crippen LogP contribution >= 0.6 is 12.4 Å². The molecule has 0 aromatic heterocycles. The minimum atomic E-state index is -0.587. The molecule has 6 nitrogen and oxygen atoms in total. The highest BCUT2D eigenvalue weighted by Crippen LogP contribution is 2.26. The number of hydrogen-bond acceptors (Lipinski definition) is 4. The van der Waals surface area contributed by atoms with E-state index >= 15 is 0 Å². The first-order valence-corrected chi connectivity index (χ1v) is 8.88. The zero-order chi connectivity index (χ0) is 18.4. The Kier molecular flexibility index (Phi) is 8.88. The number of methoxy groups -OCH3 is 1. The Bertz CT molecular complexity index is 609. The molecule has 1 aliphatic heterocycles. The highest BCUT2D eigenvalue weighted by molar-refractivity contribution is 5.87. The van der Waals surface area contributed by atoms with Crippen LogP contribution in [0.1, 0.15) is 32.3 Å². The van der Waals surface area contributed by atoms with Crippen molar-refractivity contribution >= 4 is 24.2 Å². The topological polar surface area (TPSA) is 84.7 Å². The Morgan fingerprint density at radius 1 is 1.35 bits per heavy atom. The average Bonchev–Trinajstić information content (AvgIpc) is 3.07. The molecule has 26 heavy (non-hydrogen) atoms. The van der Waals surface area contributed by atoms with E-state index in [4.69, 9.17) is 10.5 Å². The van der Waals surface area contributed by atoms with Gasteiger partial charge in [0.15, 0.2) is 0 Å². The van der Waals surface area contributed by atoms with E-state index in [1.807, 2.05) is 43.0 Å². The maximum absolute atomic E-state index is 12.5. The third kappa shape index (κ3) is 5.61. The molecule has 1 fully saturated rings. The van der Waals surface area contributed by atoms with Gasteiger partial charge in [0.25, 0.3) is 0 Å². The summed E-state index contributed by atoms with van der Waals surface area (Å²) in [6.45, 7) is 4.50. The minimum absolute atomic E-state index is 0. The van der Waals surface area contributed by atoms with E-state index in [1.165, 1.54) is 0 Å². The Morgan fingerprint density at radius 2 is 2.04 bits per heavy atom. The highest BCUT2D eigenvalue weighted by Gasteiger charge is 2.29. The summed E-state index contributed by atoms with van der Waals surface area (Å²) in [6.07, 6.45) is 2.70. The number of nitrogens with zero attached hydrogens (tertiary/aromatic N) is 1. The maximum atomic E-state index is 12.5. The first-order valence-electron chi connectivity index (χ1n) is 8.88. The molecular weight excluding hydrogens is 354 g/mol. The molecule has 2 amide bonds. The second kappa shape index (κ2) is 10.4. The number of ether oxygens (including phenoxy) is 1. The van der Waals surface area contributed by atoms with Crippen molar-refractivity contribution in [3.63, 3.8) is 0 Å². The predicted octanol–water partition coefficient (Wildman–Crippen LogP) is 1.75. The van der Waals surface area contributed by atoms with E-state index in [-0.39, 0.29) is 42.7 Å². The molecule has 0 aliphatic carbocycles. The van der Waals surface area contributed by atoms with Gasteiger partial charge < -0.3 is 20.7 Å². The van der Waals surface area contributed by atoms with Crippen LogP contribution in [0, 0.1) is 5.92 Å². The van der Waals surface area contributed by atoms with Crippen LogP contribution in [0.25, 0.3) is 0 Å². The van der Waals surface area contributed by atoms with Crippen LogP contribution in [-0.2, 0) is 16.0 Å². The van der Waals surface area contributed by atoms with E-state index in [1.54, 1.807) is 7.11 Å². The molecule has 7 heteroatoms. The second-order valence-corrected chi connectivity index (χ2v) is 6.89. The number of rotatable bonds is 7. The lowest BCUT2D eigenvalue weighted by atomic mass is 10.0. The highest BCUT2D eigenvalue weighted by atomic mass is 35.5. The van der Waals surface area contributed by atoms with Crippen molar-refractivity contribution in [2.75, 3.05) is 20.2 Å². The van der Waals surface area contributed by atoms with Gasteiger partial charge >= 0.3 is 0 Å². The summed E-state index contributed by atoms with van der Waals surface area (Å²) in [6, 6.07) is 7.43. The predicted molar refractivity (Wildman–Crippen MR) is 105 cm³/mol. The van der Waals surface area contributed by atoms with Crippen molar-refractivity contribution in [2.24, 2.45) is 11.7 Å². The summed E-state index contributed by atoms with van der Waals surface area (Å²) in [4.78, 5) is 26.3. The number of nitrogens with two attached hydrogens (primary N) is 1. The number of carbonyl (C=O) groups is 2. The molecule has 1 aliphatic rings. The summed E-state index contributed by atoms with van der Waals surface area (Å²) in [5.41, 5.74) is 6.91. The molecule has 0 spiro atoms. The fourth-order valence-electron chi connectivity index (χ4n) is 3.19. The Balaban J connectivity index is 0.00000338. The van der Waals surface area contributed by atoms with Gasteiger partial charge in [-0.3, -0.25) is 9.59 Å². The third-order valence-corrected chi connectivity index (χ3v) is 4.78. The maximum Gasteiger partial charge on any atom is 0.242 e. The van der Waals surface area contributed by atoms with Crippen molar-refractivity contribution in [3.05, 3.63) is 29.8 Å². The lowest BCUT2D eigenvalue weighted by Gasteiger charge is -2.26. The van der Waals surface area contributed by atoms with E-state index < -0.39 is 6.04 Å². The van der Waals surface area contributed by atoms with E-state index in [0.29, 0.717) is 0 Å². The Labute approximate surface area is 161 Å². The standard InChI is InChI=1S/C19H29N3O3.ClH/c1-13(2)18(20)19(24)21-12-17(23)22-10-6-8-15(22)11-14-7-4-5-9-16(14)25-3;/h4-5,7,9,13,15,18H,6,8,10-12,20H2,1-3H3,(H,21,24);1H/t15?,18-;/m0./s1. The first kappa shape index (κ1) is 22.3. The summed E-state index contributed by atoms with van der Waals surface area (Å²) >= 11 is 0. The van der Waals surface area contributed by atoms with E-state index in [2.05, 4.69) is 5.32 Å². The van der Waals surface area contributed by atoms with Crippen LogP contribution in [0.15, 0.2) is 24.3 Å².